The number of piperidine rings is 1. The third-order valence-electron chi connectivity index (χ3n) is 6.29. The van der Waals surface area contributed by atoms with Crippen LogP contribution in [0.4, 0.5) is 4.39 Å². The predicted octanol–water partition coefficient (Wildman–Crippen LogP) is 3.69. The molecule has 4 nitrogen and oxygen atoms in total. The number of nitrogens with zero attached hydrogens (tertiary/aromatic N) is 2. The van der Waals surface area contributed by atoms with Crippen molar-refractivity contribution in [3.8, 4) is 0 Å². The first kappa shape index (κ1) is 19.9. The zero-order valence-corrected chi connectivity index (χ0v) is 17.2. The first-order chi connectivity index (χ1) is 14.2. The van der Waals surface area contributed by atoms with Crippen LogP contribution in [-0.4, -0.2) is 43.6 Å². The van der Waals surface area contributed by atoms with E-state index in [4.69, 9.17) is 0 Å². The molecule has 0 spiro atoms. The van der Waals surface area contributed by atoms with Crippen LogP contribution in [0.5, 0.6) is 0 Å². The van der Waals surface area contributed by atoms with Crippen LogP contribution >= 0.6 is 0 Å². The third kappa shape index (κ3) is 4.96. The van der Waals surface area contributed by atoms with Gasteiger partial charge in [-0.05, 0) is 42.9 Å². The van der Waals surface area contributed by atoms with Crippen LogP contribution in [0.3, 0.4) is 0 Å². The largest absolute Gasteiger partial charge is 0.356 e. The number of halogens is 1. The number of guanidine groups is 1. The molecule has 1 saturated carbocycles. The van der Waals surface area contributed by atoms with Crippen LogP contribution in [0.15, 0.2) is 59.6 Å². The van der Waals surface area contributed by atoms with Gasteiger partial charge in [0.1, 0.15) is 5.82 Å². The molecule has 2 fully saturated rings. The summed E-state index contributed by atoms with van der Waals surface area (Å²) in [5, 5.41) is 7.03. The Morgan fingerprint density at radius 3 is 2.41 bits per heavy atom. The molecule has 2 N–H and O–H groups in total. The summed E-state index contributed by atoms with van der Waals surface area (Å²) in [6.07, 6.45) is 4.25. The van der Waals surface area contributed by atoms with Crippen LogP contribution in [0.2, 0.25) is 0 Å². The monoisotopic (exact) mass is 394 g/mol. The van der Waals surface area contributed by atoms with E-state index in [0.29, 0.717) is 6.04 Å². The van der Waals surface area contributed by atoms with E-state index in [-0.39, 0.29) is 11.2 Å². The summed E-state index contributed by atoms with van der Waals surface area (Å²) in [5.74, 6) is 0.731. The molecule has 1 heterocycles. The van der Waals surface area contributed by atoms with Crippen molar-refractivity contribution in [1.29, 1.82) is 0 Å². The molecule has 1 aliphatic heterocycles. The maximum atomic E-state index is 14.2. The number of hydrogen-bond acceptors (Lipinski definition) is 2. The van der Waals surface area contributed by atoms with Gasteiger partial charge in [0.05, 0.1) is 0 Å². The SMILES string of the molecule is CN=C(NCC1(c2ccccc2F)CC1)NC1CCN(Cc2ccccc2)CC1. The highest BCUT2D eigenvalue weighted by molar-refractivity contribution is 5.80. The Labute approximate surface area is 173 Å². The van der Waals surface area contributed by atoms with Crippen LogP contribution < -0.4 is 10.6 Å². The number of aliphatic imine (C=N–C) groups is 1. The standard InChI is InChI=1S/C24H31FN4/c1-26-23(27-18-24(13-14-24)21-9-5-6-10-22(21)25)28-20-11-15-29(16-12-20)17-19-7-3-2-4-8-19/h2-10,20H,11-18H2,1H3,(H2,26,27,28). The highest BCUT2D eigenvalue weighted by Crippen LogP contribution is 2.48. The lowest BCUT2D eigenvalue weighted by Crippen LogP contribution is -2.49. The van der Waals surface area contributed by atoms with Crippen molar-refractivity contribution in [1.82, 2.24) is 15.5 Å². The average Bonchev–Trinajstić information content (AvgIpc) is 3.54. The van der Waals surface area contributed by atoms with Crippen molar-refractivity contribution < 1.29 is 4.39 Å². The van der Waals surface area contributed by atoms with Crippen molar-refractivity contribution in [2.45, 2.75) is 43.7 Å². The van der Waals surface area contributed by atoms with Crippen molar-refractivity contribution in [3.05, 3.63) is 71.5 Å². The summed E-state index contributed by atoms with van der Waals surface area (Å²) in [6, 6.07) is 18.3. The fourth-order valence-electron chi connectivity index (χ4n) is 4.30. The molecule has 0 aromatic heterocycles. The molecule has 2 aromatic rings. The minimum Gasteiger partial charge on any atom is -0.356 e. The van der Waals surface area contributed by atoms with E-state index in [9.17, 15) is 4.39 Å². The molecular weight excluding hydrogens is 363 g/mol. The molecule has 1 saturated heterocycles. The highest BCUT2D eigenvalue weighted by atomic mass is 19.1. The van der Waals surface area contributed by atoms with Gasteiger partial charge in [-0.25, -0.2) is 4.39 Å². The second-order valence-corrected chi connectivity index (χ2v) is 8.37. The molecule has 0 radical (unpaired) electrons. The fraction of sp³-hybridized carbons (Fsp3) is 0.458. The Kier molecular flexibility index (Phi) is 6.14. The summed E-state index contributed by atoms with van der Waals surface area (Å²) < 4.78 is 14.2. The van der Waals surface area contributed by atoms with Gasteiger partial charge in [0.2, 0.25) is 0 Å². The normalized spacial score (nSPS) is 19.7. The molecule has 5 heteroatoms. The highest BCUT2D eigenvalue weighted by Gasteiger charge is 2.45. The smallest absolute Gasteiger partial charge is 0.191 e. The Bertz CT molecular complexity index is 824. The lowest BCUT2D eigenvalue weighted by molar-refractivity contribution is 0.198. The predicted molar refractivity (Wildman–Crippen MR) is 117 cm³/mol. The van der Waals surface area contributed by atoms with Crippen molar-refractivity contribution in [3.63, 3.8) is 0 Å². The minimum atomic E-state index is -0.0967. The maximum absolute atomic E-state index is 14.2. The molecule has 4 rings (SSSR count). The summed E-state index contributed by atoms with van der Waals surface area (Å²) in [5.41, 5.74) is 2.12. The lowest BCUT2D eigenvalue weighted by atomic mass is 9.95. The van der Waals surface area contributed by atoms with E-state index in [1.807, 2.05) is 19.2 Å². The topological polar surface area (TPSA) is 39.7 Å². The number of benzene rings is 2. The molecule has 0 unspecified atom stereocenters. The van der Waals surface area contributed by atoms with Crippen molar-refractivity contribution in [2.24, 2.45) is 4.99 Å². The van der Waals surface area contributed by atoms with Crippen LogP contribution in [0.1, 0.15) is 36.8 Å². The number of rotatable bonds is 6. The molecule has 0 amide bonds. The van der Waals surface area contributed by atoms with E-state index in [1.165, 1.54) is 5.56 Å². The third-order valence-corrected chi connectivity index (χ3v) is 6.29. The lowest BCUT2D eigenvalue weighted by Gasteiger charge is -2.33. The minimum absolute atomic E-state index is 0.0813. The quantitative estimate of drug-likeness (QED) is 0.580. The summed E-state index contributed by atoms with van der Waals surface area (Å²) in [4.78, 5) is 6.92. The number of hydrogen-bond donors (Lipinski definition) is 2. The molecule has 29 heavy (non-hydrogen) atoms. The molecule has 0 atom stereocenters. The molecular formula is C24H31FN4. The second kappa shape index (κ2) is 8.95. The zero-order chi connectivity index (χ0) is 20.1. The summed E-state index contributed by atoms with van der Waals surface area (Å²) in [6.45, 7) is 3.91. The van der Waals surface area contributed by atoms with Crippen molar-refractivity contribution in [2.75, 3.05) is 26.7 Å². The van der Waals surface area contributed by atoms with Crippen molar-refractivity contribution >= 4 is 5.96 Å². The van der Waals surface area contributed by atoms with Gasteiger partial charge in [0.15, 0.2) is 5.96 Å². The van der Waals surface area contributed by atoms with Crippen LogP contribution in [0.25, 0.3) is 0 Å². The maximum Gasteiger partial charge on any atom is 0.191 e. The van der Waals surface area contributed by atoms with E-state index in [0.717, 1.165) is 63.4 Å². The van der Waals surface area contributed by atoms with E-state index < -0.39 is 0 Å². The van der Waals surface area contributed by atoms with Gasteiger partial charge in [-0.2, -0.15) is 0 Å². The Morgan fingerprint density at radius 2 is 1.76 bits per heavy atom. The van der Waals surface area contributed by atoms with Gasteiger partial charge in [-0.15, -0.1) is 0 Å². The Hall–Kier alpha value is -2.40. The number of nitrogens with one attached hydrogen (secondary N) is 2. The van der Waals surface area contributed by atoms with Gasteiger partial charge in [0.25, 0.3) is 0 Å². The molecule has 154 valence electrons. The Morgan fingerprint density at radius 1 is 1.07 bits per heavy atom. The first-order valence-electron chi connectivity index (χ1n) is 10.7. The van der Waals surface area contributed by atoms with Gasteiger partial charge < -0.3 is 10.6 Å². The van der Waals surface area contributed by atoms with Gasteiger partial charge in [-0.3, -0.25) is 9.89 Å². The zero-order valence-electron chi connectivity index (χ0n) is 17.2. The van der Waals surface area contributed by atoms with E-state index in [2.05, 4.69) is 50.9 Å². The van der Waals surface area contributed by atoms with E-state index in [1.54, 1.807) is 12.1 Å². The van der Waals surface area contributed by atoms with Crippen LogP contribution in [-0.2, 0) is 12.0 Å². The fourth-order valence-corrected chi connectivity index (χ4v) is 4.30. The average molecular weight is 395 g/mol. The van der Waals surface area contributed by atoms with Gasteiger partial charge in [-0.1, -0.05) is 48.5 Å². The summed E-state index contributed by atoms with van der Waals surface area (Å²) >= 11 is 0. The molecule has 1 aliphatic carbocycles. The van der Waals surface area contributed by atoms with Crippen LogP contribution in [0, 0.1) is 5.82 Å². The van der Waals surface area contributed by atoms with Gasteiger partial charge in [0, 0.05) is 44.7 Å². The Balaban J connectivity index is 1.25. The molecule has 2 aliphatic rings. The molecule has 2 aromatic carbocycles. The molecule has 0 bridgehead atoms. The van der Waals surface area contributed by atoms with E-state index >= 15 is 0 Å². The summed E-state index contributed by atoms with van der Waals surface area (Å²) in [7, 11) is 1.81. The second-order valence-electron chi connectivity index (χ2n) is 8.37. The van der Waals surface area contributed by atoms with Gasteiger partial charge >= 0.3 is 0 Å². The number of likely N-dealkylation sites (tertiary alicyclic amines) is 1. The first-order valence-corrected chi connectivity index (χ1v) is 10.7.